The quantitative estimate of drug-likeness (QED) is 0.774. The van der Waals surface area contributed by atoms with E-state index >= 15 is 0 Å². The highest BCUT2D eigenvalue weighted by molar-refractivity contribution is 5.81. The molecule has 0 aromatic heterocycles. The topological polar surface area (TPSA) is 56.8 Å². The third kappa shape index (κ3) is 4.69. The number of benzene rings is 2. The largest absolute Gasteiger partial charge is 0.496 e. The van der Waals surface area contributed by atoms with Gasteiger partial charge in [0.2, 0.25) is 0 Å². The van der Waals surface area contributed by atoms with Gasteiger partial charge in [-0.2, -0.15) is 0 Å². The van der Waals surface area contributed by atoms with Gasteiger partial charge in [-0.1, -0.05) is 31.2 Å². The highest BCUT2D eigenvalue weighted by Gasteiger charge is 2.21. The molecule has 2 aromatic rings. The first-order chi connectivity index (χ1) is 12.5. The molecular weight excluding hydrogens is 330 g/mol. The van der Waals surface area contributed by atoms with Crippen molar-refractivity contribution in [2.45, 2.75) is 39.3 Å². The lowest BCUT2D eigenvalue weighted by atomic mass is 10.0. The van der Waals surface area contributed by atoms with Crippen LogP contribution in [0.25, 0.3) is 0 Å². The van der Waals surface area contributed by atoms with Crippen molar-refractivity contribution in [1.82, 2.24) is 5.32 Å². The summed E-state index contributed by atoms with van der Waals surface area (Å²) in [5.74, 6) is 1.81. The third-order valence-electron chi connectivity index (χ3n) is 4.29. The molecule has 0 unspecified atom stereocenters. The second kappa shape index (κ2) is 9.13. The fraction of sp³-hybridized carbons (Fsp3) is 0.381. The van der Waals surface area contributed by atoms with E-state index in [2.05, 4.69) is 5.32 Å². The molecule has 0 spiro atoms. The predicted molar refractivity (Wildman–Crippen MR) is 102 cm³/mol. The van der Waals surface area contributed by atoms with Gasteiger partial charge in [0.1, 0.15) is 5.75 Å². The standard InChI is InChI=1S/C21H27NO4/c1-6-17(16-11-12-18(24-4)14(2)13-16)22-21(23)15(3)26-20-10-8-7-9-19(20)25-5/h7-13,15,17H,6H2,1-5H3,(H,22,23)/t15-,17+/m1/s1. The molecule has 2 rings (SSSR count). The second-order valence-corrected chi connectivity index (χ2v) is 6.11. The van der Waals surface area contributed by atoms with Crippen molar-refractivity contribution in [2.24, 2.45) is 0 Å². The van der Waals surface area contributed by atoms with Crippen LogP contribution < -0.4 is 19.5 Å². The van der Waals surface area contributed by atoms with Crippen LogP contribution in [0.2, 0.25) is 0 Å². The van der Waals surface area contributed by atoms with Crippen molar-refractivity contribution >= 4 is 5.91 Å². The zero-order chi connectivity index (χ0) is 19.1. The first-order valence-electron chi connectivity index (χ1n) is 8.74. The second-order valence-electron chi connectivity index (χ2n) is 6.11. The van der Waals surface area contributed by atoms with Crippen molar-refractivity contribution in [1.29, 1.82) is 0 Å². The Morgan fingerprint density at radius 2 is 1.69 bits per heavy atom. The molecule has 0 bridgehead atoms. The molecule has 5 heteroatoms. The summed E-state index contributed by atoms with van der Waals surface area (Å²) < 4.78 is 16.3. The number of rotatable bonds is 8. The van der Waals surface area contributed by atoms with Crippen molar-refractivity contribution in [3.8, 4) is 17.2 Å². The van der Waals surface area contributed by atoms with Crippen LogP contribution in [-0.4, -0.2) is 26.2 Å². The number of ether oxygens (including phenoxy) is 3. The van der Waals surface area contributed by atoms with Crippen LogP contribution in [0, 0.1) is 6.92 Å². The number of nitrogens with one attached hydrogen (secondary N) is 1. The number of methoxy groups -OCH3 is 2. The Kier molecular flexibility index (Phi) is 6.89. The Hall–Kier alpha value is -2.69. The van der Waals surface area contributed by atoms with Crippen LogP contribution in [0.15, 0.2) is 42.5 Å². The molecular formula is C21H27NO4. The lowest BCUT2D eigenvalue weighted by Crippen LogP contribution is -2.38. The number of carbonyl (C=O) groups excluding carboxylic acids is 1. The number of carbonyl (C=O) groups is 1. The van der Waals surface area contributed by atoms with Crippen LogP contribution in [0.5, 0.6) is 17.2 Å². The van der Waals surface area contributed by atoms with E-state index in [1.54, 1.807) is 33.3 Å². The van der Waals surface area contributed by atoms with Gasteiger partial charge in [0.05, 0.1) is 20.3 Å². The molecule has 1 amide bonds. The average molecular weight is 357 g/mol. The first-order valence-corrected chi connectivity index (χ1v) is 8.74. The molecule has 0 aliphatic carbocycles. The maximum Gasteiger partial charge on any atom is 0.261 e. The Labute approximate surface area is 155 Å². The van der Waals surface area contributed by atoms with Gasteiger partial charge in [0.25, 0.3) is 5.91 Å². The number of amides is 1. The van der Waals surface area contributed by atoms with Gasteiger partial charge >= 0.3 is 0 Å². The molecule has 0 aliphatic heterocycles. The molecule has 0 radical (unpaired) electrons. The molecule has 2 aromatic carbocycles. The van der Waals surface area contributed by atoms with Crippen LogP contribution in [-0.2, 0) is 4.79 Å². The van der Waals surface area contributed by atoms with Gasteiger partial charge in [-0.3, -0.25) is 4.79 Å². The Morgan fingerprint density at radius 1 is 1.04 bits per heavy atom. The maximum atomic E-state index is 12.6. The van der Waals surface area contributed by atoms with Gasteiger partial charge in [-0.15, -0.1) is 0 Å². The summed E-state index contributed by atoms with van der Waals surface area (Å²) in [6.45, 7) is 5.76. The lowest BCUT2D eigenvalue weighted by Gasteiger charge is -2.22. The summed E-state index contributed by atoms with van der Waals surface area (Å²) in [5, 5.41) is 3.06. The third-order valence-corrected chi connectivity index (χ3v) is 4.29. The highest BCUT2D eigenvalue weighted by atomic mass is 16.5. The number of hydrogen-bond donors (Lipinski definition) is 1. The molecule has 26 heavy (non-hydrogen) atoms. The summed E-state index contributed by atoms with van der Waals surface area (Å²) >= 11 is 0. The minimum atomic E-state index is -0.639. The molecule has 140 valence electrons. The van der Waals surface area contributed by atoms with E-state index < -0.39 is 6.10 Å². The van der Waals surface area contributed by atoms with E-state index in [9.17, 15) is 4.79 Å². The fourth-order valence-electron chi connectivity index (χ4n) is 2.79. The first kappa shape index (κ1) is 19.6. The van der Waals surface area contributed by atoms with E-state index in [4.69, 9.17) is 14.2 Å². The highest BCUT2D eigenvalue weighted by Crippen LogP contribution is 2.27. The molecule has 1 N–H and O–H groups in total. The minimum absolute atomic E-state index is 0.0872. The Balaban J connectivity index is 2.07. The Morgan fingerprint density at radius 3 is 2.27 bits per heavy atom. The zero-order valence-electron chi connectivity index (χ0n) is 16.0. The summed E-state index contributed by atoms with van der Waals surface area (Å²) in [6, 6.07) is 13.1. The van der Waals surface area contributed by atoms with Gasteiger partial charge in [-0.25, -0.2) is 0 Å². The number of aryl methyl sites for hydroxylation is 1. The summed E-state index contributed by atoms with van der Waals surface area (Å²) in [6.07, 6.45) is 0.138. The molecule has 0 saturated heterocycles. The van der Waals surface area contributed by atoms with Crippen LogP contribution >= 0.6 is 0 Å². The average Bonchev–Trinajstić information content (AvgIpc) is 2.66. The van der Waals surface area contributed by atoms with E-state index in [1.165, 1.54) is 0 Å². The predicted octanol–water partition coefficient (Wildman–Crippen LogP) is 4.05. The van der Waals surface area contributed by atoms with E-state index in [-0.39, 0.29) is 11.9 Å². The van der Waals surface area contributed by atoms with Crippen LogP contribution in [0.1, 0.15) is 37.4 Å². The Bertz CT molecular complexity index is 745. The van der Waals surface area contributed by atoms with E-state index in [0.29, 0.717) is 11.5 Å². The van der Waals surface area contributed by atoms with Crippen molar-refractivity contribution in [3.05, 3.63) is 53.6 Å². The summed E-state index contributed by atoms with van der Waals surface area (Å²) in [4.78, 5) is 12.6. The maximum absolute atomic E-state index is 12.6. The van der Waals surface area contributed by atoms with Crippen LogP contribution in [0.3, 0.4) is 0 Å². The van der Waals surface area contributed by atoms with Gasteiger partial charge < -0.3 is 19.5 Å². The zero-order valence-corrected chi connectivity index (χ0v) is 16.0. The molecule has 0 heterocycles. The van der Waals surface area contributed by atoms with Gasteiger partial charge in [0.15, 0.2) is 17.6 Å². The number of para-hydroxylation sites is 2. The summed E-state index contributed by atoms with van der Waals surface area (Å²) in [7, 11) is 3.23. The molecule has 0 aliphatic rings. The molecule has 0 saturated carbocycles. The normalized spacial score (nSPS) is 12.8. The van der Waals surface area contributed by atoms with Gasteiger partial charge in [-0.05, 0) is 49.6 Å². The SMILES string of the molecule is CC[C@H](NC(=O)[C@@H](C)Oc1ccccc1OC)c1ccc(OC)c(C)c1. The smallest absolute Gasteiger partial charge is 0.261 e. The molecule has 2 atom stereocenters. The monoisotopic (exact) mass is 357 g/mol. The molecule has 5 nitrogen and oxygen atoms in total. The van der Waals surface area contributed by atoms with E-state index in [0.717, 1.165) is 23.3 Å². The minimum Gasteiger partial charge on any atom is -0.496 e. The van der Waals surface area contributed by atoms with Crippen molar-refractivity contribution in [3.63, 3.8) is 0 Å². The van der Waals surface area contributed by atoms with Crippen molar-refractivity contribution < 1.29 is 19.0 Å². The fourth-order valence-corrected chi connectivity index (χ4v) is 2.79. The molecule has 0 fully saturated rings. The van der Waals surface area contributed by atoms with E-state index in [1.807, 2.05) is 44.2 Å². The van der Waals surface area contributed by atoms with Crippen molar-refractivity contribution in [2.75, 3.05) is 14.2 Å². The van der Waals surface area contributed by atoms with Gasteiger partial charge in [0, 0.05) is 0 Å². The lowest BCUT2D eigenvalue weighted by molar-refractivity contribution is -0.128. The summed E-state index contributed by atoms with van der Waals surface area (Å²) in [5.41, 5.74) is 2.08. The number of hydrogen-bond acceptors (Lipinski definition) is 4. The van der Waals surface area contributed by atoms with Crippen LogP contribution in [0.4, 0.5) is 0 Å².